The molecular weight excluding hydrogens is 348 g/mol. The molecule has 0 bridgehead atoms. The van der Waals surface area contributed by atoms with Crippen LogP contribution in [-0.4, -0.2) is 47.4 Å². The lowest BCUT2D eigenvalue weighted by Crippen LogP contribution is -2.36. The van der Waals surface area contributed by atoms with Crippen molar-refractivity contribution in [3.63, 3.8) is 0 Å². The summed E-state index contributed by atoms with van der Waals surface area (Å²) in [7, 11) is 0. The minimum Gasteiger partial charge on any atom is -0.502 e. The Balaban J connectivity index is 2.23. The van der Waals surface area contributed by atoms with Gasteiger partial charge in [-0.1, -0.05) is 30.3 Å². The van der Waals surface area contributed by atoms with E-state index < -0.39 is 6.09 Å². The topological polar surface area (TPSA) is 88.1 Å². The predicted molar refractivity (Wildman–Crippen MR) is 103 cm³/mol. The Morgan fingerprint density at radius 3 is 2.52 bits per heavy atom. The van der Waals surface area contributed by atoms with Crippen molar-refractivity contribution in [3.8, 4) is 0 Å². The fourth-order valence-corrected chi connectivity index (χ4v) is 2.25. The first-order chi connectivity index (χ1) is 12.8. The number of aliphatic hydroxyl groups is 1. The summed E-state index contributed by atoms with van der Waals surface area (Å²) >= 11 is 0. The molecule has 150 valence electrons. The van der Waals surface area contributed by atoms with Gasteiger partial charge in [0.2, 0.25) is 0 Å². The first-order valence-electron chi connectivity index (χ1n) is 9.12. The SMILES string of the molecule is CC(C)(C)ON(CCCCNC(=O)OCc1ccccc1)CCC(O)=C=O. The second-order valence-electron chi connectivity index (χ2n) is 7.13. The smallest absolute Gasteiger partial charge is 0.407 e. The van der Waals surface area contributed by atoms with E-state index in [1.54, 1.807) is 5.06 Å². The molecule has 0 atom stereocenters. The number of rotatable bonds is 11. The Bertz CT molecular complexity index is 607. The number of nitrogens with zero attached hydrogens (tertiary/aromatic N) is 1. The highest BCUT2D eigenvalue weighted by atomic mass is 16.7. The van der Waals surface area contributed by atoms with Gasteiger partial charge in [0, 0.05) is 26.1 Å². The number of carbonyl (C=O) groups is 1. The van der Waals surface area contributed by atoms with Gasteiger partial charge in [0.25, 0.3) is 0 Å². The molecule has 1 amide bonds. The van der Waals surface area contributed by atoms with Crippen LogP contribution in [0, 0.1) is 0 Å². The molecule has 1 aromatic carbocycles. The molecule has 0 aliphatic carbocycles. The minimum atomic E-state index is -0.442. The van der Waals surface area contributed by atoms with Gasteiger partial charge >= 0.3 is 6.09 Å². The normalized spacial score (nSPS) is 11.1. The maximum atomic E-state index is 11.7. The lowest BCUT2D eigenvalue weighted by atomic mass is 10.2. The second kappa shape index (κ2) is 12.1. The van der Waals surface area contributed by atoms with Crippen molar-refractivity contribution in [2.45, 2.75) is 52.2 Å². The number of hydrogen-bond acceptors (Lipinski definition) is 6. The number of hydroxylamine groups is 2. The van der Waals surface area contributed by atoms with E-state index in [0.29, 0.717) is 19.6 Å². The third-order valence-corrected chi connectivity index (χ3v) is 3.44. The molecule has 0 saturated heterocycles. The number of hydrogen-bond donors (Lipinski definition) is 2. The number of carbonyl (C=O) groups excluding carboxylic acids is 2. The summed E-state index contributed by atoms with van der Waals surface area (Å²) in [4.78, 5) is 27.9. The summed E-state index contributed by atoms with van der Waals surface area (Å²) in [6.07, 6.45) is 1.27. The molecule has 0 radical (unpaired) electrons. The van der Waals surface area contributed by atoms with Crippen LogP contribution >= 0.6 is 0 Å². The molecule has 0 spiro atoms. The van der Waals surface area contributed by atoms with Gasteiger partial charge in [-0.2, -0.15) is 5.06 Å². The number of benzene rings is 1. The van der Waals surface area contributed by atoms with Crippen LogP contribution in [0.3, 0.4) is 0 Å². The van der Waals surface area contributed by atoms with Gasteiger partial charge in [0.05, 0.1) is 5.60 Å². The molecule has 0 unspecified atom stereocenters. The monoisotopic (exact) mass is 378 g/mol. The summed E-state index contributed by atoms with van der Waals surface area (Å²) in [6.45, 7) is 7.54. The number of nitrogens with one attached hydrogen (secondary N) is 1. The van der Waals surface area contributed by atoms with Gasteiger partial charge in [-0.05, 0) is 39.2 Å². The summed E-state index contributed by atoms with van der Waals surface area (Å²) in [5, 5.41) is 13.7. The lowest BCUT2D eigenvalue weighted by Gasteiger charge is -2.29. The van der Waals surface area contributed by atoms with Crippen molar-refractivity contribution in [1.29, 1.82) is 0 Å². The maximum absolute atomic E-state index is 11.7. The number of aliphatic hydroxyl groups excluding tert-OH is 1. The van der Waals surface area contributed by atoms with Crippen molar-refractivity contribution >= 4 is 12.0 Å². The molecule has 7 nitrogen and oxygen atoms in total. The van der Waals surface area contributed by atoms with E-state index in [1.165, 1.54) is 5.94 Å². The van der Waals surface area contributed by atoms with E-state index in [4.69, 9.17) is 9.57 Å². The van der Waals surface area contributed by atoms with Crippen LogP contribution in [0.15, 0.2) is 36.1 Å². The lowest BCUT2D eigenvalue weighted by molar-refractivity contribution is -0.229. The number of ether oxygens (including phenoxy) is 1. The highest BCUT2D eigenvalue weighted by molar-refractivity contribution is 5.67. The summed E-state index contributed by atoms with van der Waals surface area (Å²) in [6, 6.07) is 9.50. The van der Waals surface area contributed by atoms with Crippen LogP contribution in [0.4, 0.5) is 4.79 Å². The molecule has 1 aromatic rings. The summed E-state index contributed by atoms with van der Waals surface area (Å²) in [5.41, 5.74) is 0.565. The standard InChI is InChI=1S/C20H30N2O5/c1-20(2,3)27-22(14-11-18(24)15-23)13-8-7-12-21-19(25)26-16-17-9-5-4-6-10-17/h4-6,9-10,24H,7-8,11-14,16H2,1-3H3,(H,21,25). The molecule has 7 heteroatoms. The third kappa shape index (κ3) is 11.8. The van der Waals surface area contributed by atoms with Crippen LogP contribution in [0.1, 0.15) is 45.6 Å². The third-order valence-electron chi connectivity index (χ3n) is 3.44. The van der Waals surface area contributed by atoms with Crippen molar-refractivity contribution in [2.75, 3.05) is 19.6 Å². The molecule has 0 fully saturated rings. The second-order valence-corrected chi connectivity index (χ2v) is 7.13. The zero-order valence-electron chi connectivity index (χ0n) is 16.4. The first-order valence-corrected chi connectivity index (χ1v) is 9.12. The maximum Gasteiger partial charge on any atom is 0.407 e. The van der Waals surface area contributed by atoms with E-state index in [0.717, 1.165) is 18.4 Å². The van der Waals surface area contributed by atoms with Crippen molar-refractivity contribution in [3.05, 3.63) is 41.7 Å². The molecule has 2 N–H and O–H groups in total. The van der Waals surface area contributed by atoms with Crippen molar-refractivity contribution in [1.82, 2.24) is 10.4 Å². The quantitative estimate of drug-likeness (QED) is 0.266. The van der Waals surface area contributed by atoms with E-state index >= 15 is 0 Å². The van der Waals surface area contributed by atoms with E-state index in [1.807, 2.05) is 51.1 Å². The zero-order valence-corrected chi connectivity index (χ0v) is 16.4. The van der Waals surface area contributed by atoms with Gasteiger partial charge < -0.3 is 15.2 Å². The predicted octanol–water partition coefficient (Wildman–Crippen LogP) is 3.39. The largest absolute Gasteiger partial charge is 0.502 e. The van der Waals surface area contributed by atoms with Crippen LogP contribution < -0.4 is 5.32 Å². The molecule has 1 rings (SSSR count). The fraction of sp³-hybridized carbons (Fsp3) is 0.550. The molecule has 0 heterocycles. The molecular formula is C20H30N2O5. The molecule has 0 aliphatic rings. The highest BCUT2D eigenvalue weighted by Crippen LogP contribution is 2.12. The number of amides is 1. The van der Waals surface area contributed by atoms with Gasteiger partial charge in [0.1, 0.15) is 6.61 Å². The van der Waals surface area contributed by atoms with Gasteiger partial charge in [0.15, 0.2) is 11.7 Å². The molecule has 0 aliphatic heterocycles. The minimum absolute atomic E-state index is 0.184. The van der Waals surface area contributed by atoms with Gasteiger partial charge in [-0.15, -0.1) is 0 Å². The van der Waals surface area contributed by atoms with Crippen molar-refractivity contribution in [2.24, 2.45) is 0 Å². The average molecular weight is 378 g/mol. The zero-order chi connectivity index (χ0) is 20.1. The Labute approximate surface area is 160 Å². The Morgan fingerprint density at radius 1 is 1.19 bits per heavy atom. The Kier molecular flexibility index (Phi) is 10.2. The van der Waals surface area contributed by atoms with E-state index in [2.05, 4.69) is 5.32 Å². The fourth-order valence-electron chi connectivity index (χ4n) is 2.25. The van der Waals surface area contributed by atoms with Crippen LogP contribution in [0.25, 0.3) is 0 Å². The Hall–Kier alpha value is -2.34. The average Bonchev–Trinajstić information content (AvgIpc) is 2.63. The summed E-state index contributed by atoms with van der Waals surface area (Å²) < 4.78 is 5.15. The highest BCUT2D eigenvalue weighted by Gasteiger charge is 2.17. The Morgan fingerprint density at radius 2 is 1.89 bits per heavy atom. The van der Waals surface area contributed by atoms with Crippen LogP contribution in [0.2, 0.25) is 0 Å². The first kappa shape index (κ1) is 22.7. The molecule has 0 aromatic heterocycles. The van der Waals surface area contributed by atoms with Crippen LogP contribution in [0.5, 0.6) is 0 Å². The van der Waals surface area contributed by atoms with Crippen molar-refractivity contribution < 1.29 is 24.3 Å². The molecule has 27 heavy (non-hydrogen) atoms. The van der Waals surface area contributed by atoms with Gasteiger partial charge in [-0.3, -0.25) is 4.84 Å². The number of unbranched alkanes of at least 4 members (excludes halogenated alkanes) is 1. The number of alkyl carbamates (subject to hydrolysis) is 1. The van der Waals surface area contributed by atoms with Crippen LogP contribution in [-0.2, 0) is 21.0 Å². The van der Waals surface area contributed by atoms with Gasteiger partial charge in [-0.25, -0.2) is 9.59 Å². The molecule has 0 saturated carbocycles. The van der Waals surface area contributed by atoms with E-state index in [-0.39, 0.29) is 24.4 Å². The van der Waals surface area contributed by atoms with E-state index in [9.17, 15) is 14.7 Å². The summed E-state index contributed by atoms with van der Waals surface area (Å²) in [5.74, 6) is 1.16.